The van der Waals surface area contributed by atoms with Crippen LogP contribution in [0.3, 0.4) is 0 Å². The van der Waals surface area contributed by atoms with E-state index in [1.54, 1.807) is 0 Å². The summed E-state index contributed by atoms with van der Waals surface area (Å²) in [5.74, 6) is 0.567. The minimum atomic E-state index is -0.430. The molecule has 0 amide bonds. The monoisotopic (exact) mass is 286 g/mol. The lowest BCUT2D eigenvalue weighted by atomic mass is 9.65. The molecule has 1 saturated carbocycles. The lowest BCUT2D eigenvalue weighted by Gasteiger charge is -2.37. The van der Waals surface area contributed by atoms with Crippen LogP contribution >= 0.6 is 0 Å². The Hall–Kier alpha value is -1.44. The van der Waals surface area contributed by atoms with E-state index in [-0.39, 0.29) is 11.2 Å². The number of rotatable bonds is 4. The van der Waals surface area contributed by atoms with Gasteiger partial charge in [-0.3, -0.25) is 9.59 Å². The maximum absolute atomic E-state index is 12.7. The smallest absolute Gasteiger partial charge is 0.143 e. The average Bonchev–Trinajstić information content (AvgIpc) is 2.46. The maximum atomic E-state index is 12.7. The number of carbonyl (C=O) groups excluding carboxylic acids is 2. The fourth-order valence-corrected chi connectivity index (χ4v) is 3.26. The first-order chi connectivity index (χ1) is 9.86. The number of carbonyl (C=O) groups is 2. The molecule has 0 saturated heterocycles. The van der Waals surface area contributed by atoms with Crippen LogP contribution in [0.5, 0.6) is 0 Å². The zero-order valence-corrected chi connectivity index (χ0v) is 13.4. The molecule has 0 N–H and O–H groups in total. The Balaban J connectivity index is 2.26. The van der Waals surface area contributed by atoms with Gasteiger partial charge in [0.05, 0.1) is 5.41 Å². The zero-order chi connectivity index (χ0) is 15.5. The summed E-state index contributed by atoms with van der Waals surface area (Å²) < 4.78 is 0. The number of benzene rings is 1. The van der Waals surface area contributed by atoms with Gasteiger partial charge in [0.15, 0.2) is 0 Å². The van der Waals surface area contributed by atoms with Crippen LogP contribution in [-0.2, 0) is 15.0 Å². The lowest BCUT2D eigenvalue weighted by Crippen LogP contribution is -2.39. The first kappa shape index (κ1) is 15.9. The second-order valence-electron chi connectivity index (χ2n) is 7.25. The van der Waals surface area contributed by atoms with Crippen molar-refractivity contribution in [3.63, 3.8) is 0 Å². The summed E-state index contributed by atoms with van der Waals surface area (Å²) in [6.45, 7) is 5.85. The van der Waals surface area contributed by atoms with Crippen LogP contribution in [-0.4, -0.2) is 11.6 Å². The lowest BCUT2D eigenvalue weighted by molar-refractivity contribution is -0.129. The number of ketones is 2. The van der Waals surface area contributed by atoms with Crippen molar-refractivity contribution in [2.24, 2.45) is 5.41 Å². The second kappa shape index (κ2) is 6.13. The molecule has 1 aliphatic carbocycles. The van der Waals surface area contributed by atoms with Crippen molar-refractivity contribution in [2.75, 3.05) is 0 Å². The average molecular weight is 286 g/mol. The third-order valence-electron chi connectivity index (χ3n) is 4.73. The molecule has 2 rings (SSSR count). The molecule has 1 atom stereocenters. The van der Waals surface area contributed by atoms with Crippen LogP contribution in [0, 0.1) is 5.41 Å². The topological polar surface area (TPSA) is 34.1 Å². The van der Waals surface area contributed by atoms with E-state index in [1.165, 1.54) is 0 Å². The standard InChI is InChI=1S/C19H26O2/c1-18(2,3)16(20)12-14-19(13-8-7-11-17(19)21)15-9-5-4-6-10-15/h4-6,9-10H,7-8,11-14H2,1-3H3/t19-/m0/s1. The van der Waals surface area contributed by atoms with Crippen molar-refractivity contribution in [3.8, 4) is 0 Å². The Labute approximate surface area is 127 Å². The number of hydrogen-bond donors (Lipinski definition) is 0. The van der Waals surface area contributed by atoms with Crippen molar-refractivity contribution < 1.29 is 9.59 Å². The quantitative estimate of drug-likeness (QED) is 0.818. The Bertz CT molecular complexity index is 510. The molecule has 0 bridgehead atoms. The normalized spacial score (nSPS) is 23.1. The fourth-order valence-electron chi connectivity index (χ4n) is 3.26. The van der Waals surface area contributed by atoms with E-state index in [1.807, 2.05) is 51.1 Å². The third-order valence-corrected chi connectivity index (χ3v) is 4.73. The predicted molar refractivity (Wildman–Crippen MR) is 85.3 cm³/mol. The van der Waals surface area contributed by atoms with Gasteiger partial charge in [0.25, 0.3) is 0 Å². The van der Waals surface area contributed by atoms with Gasteiger partial charge in [0, 0.05) is 18.3 Å². The van der Waals surface area contributed by atoms with Crippen LogP contribution in [0.4, 0.5) is 0 Å². The van der Waals surface area contributed by atoms with E-state index >= 15 is 0 Å². The summed E-state index contributed by atoms with van der Waals surface area (Å²) in [5, 5.41) is 0. The molecule has 0 unspecified atom stereocenters. The summed E-state index contributed by atoms with van der Waals surface area (Å²) in [7, 11) is 0. The highest BCUT2D eigenvalue weighted by Gasteiger charge is 2.41. The molecule has 114 valence electrons. The maximum Gasteiger partial charge on any atom is 0.143 e. The van der Waals surface area contributed by atoms with Gasteiger partial charge in [-0.2, -0.15) is 0 Å². The molecular formula is C19H26O2. The molecule has 1 aromatic rings. The SMILES string of the molecule is CC(C)(C)C(=O)CC[C@]1(c2ccccc2)CCCCC1=O. The first-order valence-electron chi connectivity index (χ1n) is 7.98. The van der Waals surface area contributed by atoms with E-state index in [9.17, 15) is 9.59 Å². The largest absolute Gasteiger partial charge is 0.299 e. The van der Waals surface area contributed by atoms with Gasteiger partial charge in [0.1, 0.15) is 11.6 Å². The van der Waals surface area contributed by atoms with E-state index in [2.05, 4.69) is 0 Å². The van der Waals surface area contributed by atoms with Crippen molar-refractivity contribution in [1.82, 2.24) is 0 Å². The van der Waals surface area contributed by atoms with Crippen LogP contribution in [0.15, 0.2) is 30.3 Å². The van der Waals surface area contributed by atoms with Gasteiger partial charge in [-0.05, 0) is 24.8 Å². The summed E-state index contributed by atoms with van der Waals surface area (Å²) in [5.41, 5.74) is 0.340. The molecule has 0 aromatic heterocycles. The van der Waals surface area contributed by atoms with Crippen molar-refractivity contribution >= 4 is 11.6 Å². The number of hydrogen-bond acceptors (Lipinski definition) is 2. The summed E-state index contributed by atoms with van der Waals surface area (Å²) in [6.07, 6.45) is 4.74. The summed E-state index contributed by atoms with van der Waals surface area (Å²) >= 11 is 0. The predicted octanol–water partition coefficient (Wildman–Crippen LogP) is 4.46. The van der Waals surface area contributed by atoms with Gasteiger partial charge in [-0.25, -0.2) is 0 Å². The highest BCUT2D eigenvalue weighted by Crippen LogP contribution is 2.41. The molecule has 0 radical (unpaired) electrons. The highest BCUT2D eigenvalue weighted by atomic mass is 16.1. The van der Waals surface area contributed by atoms with Crippen LogP contribution in [0.2, 0.25) is 0 Å². The fraction of sp³-hybridized carbons (Fsp3) is 0.579. The molecule has 0 heterocycles. The van der Waals surface area contributed by atoms with Crippen LogP contribution in [0.1, 0.15) is 64.9 Å². The van der Waals surface area contributed by atoms with Gasteiger partial charge in [-0.1, -0.05) is 57.5 Å². The van der Waals surface area contributed by atoms with Crippen LogP contribution in [0.25, 0.3) is 0 Å². The van der Waals surface area contributed by atoms with E-state index in [0.29, 0.717) is 25.0 Å². The van der Waals surface area contributed by atoms with Gasteiger partial charge in [0.2, 0.25) is 0 Å². The molecule has 21 heavy (non-hydrogen) atoms. The Morgan fingerprint density at radius 1 is 1.14 bits per heavy atom. The first-order valence-corrected chi connectivity index (χ1v) is 7.98. The van der Waals surface area contributed by atoms with E-state index in [0.717, 1.165) is 24.8 Å². The minimum absolute atomic E-state index is 0.246. The molecule has 1 fully saturated rings. The summed E-state index contributed by atoms with van der Waals surface area (Å²) in [4.78, 5) is 24.9. The molecule has 1 aliphatic rings. The van der Waals surface area contributed by atoms with Crippen LogP contribution < -0.4 is 0 Å². The Morgan fingerprint density at radius 2 is 1.81 bits per heavy atom. The molecule has 0 spiro atoms. The van der Waals surface area contributed by atoms with Gasteiger partial charge >= 0.3 is 0 Å². The van der Waals surface area contributed by atoms with Crippen molar-refractivity contribution in [1.29, 1.82) is 0 Å². The summed E-state index contributed by atoms with van der Waals surface area (Å²) in [6, 6.07) is 10.1. The van der Waals surface area contributed by atoms with E-state index < -0.39 is 5.41 Å². The Morgan fingerprint density at radius 3 is 2.38 bits per heavy atom. The second-order valence-corrected chi connectivity index (χ2v) is 7.25. The Kier molecular flexibility index (Phi) is 4.65. The van der Waals surface area contributed by atoms with Crippen molar-refractivity contribution in [2.45, 2.75) is 64.7 Å². The molecule has 0 aliphatic heterocycles. The third kappa shape index (κ3) is 3.42. The molecular weight excluding hydrogens is 260 g/mol. The van der Waals surface area contributed by atoms with Gasteiger partial charge < -0.3 is 0 Å². The van der Waals surface area contributed by atoms with Gasteiger partial charge in [-0.15, -0.1) is 0 Å². The van der Waals surface area contributed by atoms with E-state index in [4.69, 9.17) is 0 Å². The molecule has 2 heteroatoms. The molecule has 1 aromatic carbocycles. The highest BCUT2D eigenvalue weighted by molar-refractivity contribution is 5.92. The molecule has 2 nitrogen and oxygen atoms in total. The minimum Gasteiger partial charge on any atom is -0.299 e. The number of Topliss-reactive ketones (excluding diaryl/α,β-unsaturated/α-hetero) is 2. The van der Waals surface area contributed by atoms with Crippen molar-refractivity contribution in [3.05, 3.63) is 35.9 Å². The zero-order valence-electron chi connectivity index (χ0n) is 13.4.